The summed E-state index contributed by atoms with van der Waals surface area (Å²) in [5, 5.41) is 7.41. The van der Waals surface area contributed by atoms with Crippen LogP contribution in [0.4, 0.5) is 5.82 Å². The molecule has 1 N–H and O–H groups in total. The Morgan fingerprint density at radius 3 is 2.91 bits per heavy atom. The van der Waals surface area contributed by atoms with Gasteiger partial charge in [-0.15, -0.1) is 0 Å². The Balaban J connectivity index is 1.65. The van der Waals surface area contributed by atoms with E-state index in [1.54, 1.807) is 11.1 Å². The van der Waals surface area contributed by atoms with Crippen molar-refractivity contribution in [1.29, 1.82) is 0 Å². The van der Waals surface area contributed by atoms with Crippen LogP contribution in [-0.4, -0.2) is 39.6 Å². The van der Waals surface area contributed by atoms with Crippen LogP contribution < -0.4 is 5.32 Å². The van der Waals surface area contributed by atoms with E-state index in [2.05, 4.69) is 17.3 Å². The summed E-state index contributed by atoms with van der Waals surface area (Å²) in [6, 6.07) is 0.304. The zero-order valence-corrected chi connectivity index (χ0v) is 14.0. The van der Waals surface area contributed by atoms with Crippen LogP contribution in [0.25, 0.3) is 0 Å². The van der Waals surface area contributed by atoms with E-state index in [-0.39, 0.29) is 18.4 Å². The average molecular weight is 318 g/mol. The van der Waals surface area contributed by atoms with Crippen molar-refractivity contribution in [3.63, 3.8) is 0 Å². The lowest BCUT2D eigenvalue weighted by Crippen LogP contribution is -2.38. The minimum Gasteiger partial charge on any atom is -0.333 e. The molecule has 1 aromatic rings. The normalized spacial score (nSPS) is 20.3. The number of aromatic nitrogens is 2. The van der Waals surface area contributed by atoms with Gasteiger partial charge < -0.3 is 10.2 Å². The molecule has 1 saturated heterocycles. The van der Waals surface area contributed by atoms with Gasteiger partial charge in [-0.2, -0.15) is 5.10 Å². The van der Waals surface area contributed by atoms with Crippen LogP contribution in [-0.2, 0) is 9.59 Å². The summed E-state index contributed by atoms with van der Waals surface area (Å²) >= 11 is 0. The van der Waals surface area contributed by atoms with Gasteiger partial charge in [-0.3, -0.25) is 9.59 Å². The summed E-state index contributed by atoms with van der Waals surface area (Å²) in [6.07, 6.45) is 7.80. The molecule has 3 rings (SSSR count). The van der Waals surface area contributed by atoms with E-state index < -0.39 is 0 Å². The molecule has 6 nitrogen and oxygen atoms in total. The summed E-state index contributed by atoms with van der Waals surface area (Å²) in [4.78, 5) is 26.1. The predicted molar refractivity (Wildman–Crippen MR) is 88.1 cm³/mol. The lowest BCUT2D eigenvalue weighted by molar-refractivity contribution is -0.134. The van der Waals surface area contributed by atoms with Crippen molar-refractivity contribution in [2.75, 3.05) is 18.4 Å². The molecular formula is C17H26N4O2. The third-order valence-electron chi connectivity index (χ3n) is 4.93. The fraction of sp³-hybridized carbons (Fsp3) is 0.706. The molecule has 0 unspecified atom stereocenters. The molecule has 2 amide bonds. The van der Waals surface area contributed by atoms with Crippen LogP contribution in [0.5, 0.6) is 0 Å². The third kappa shape index (κ3) is 3.74. The molecule has 0 radical (unpaired) electrons. The van der Waals surface area contributed by atoms with Gasteiger partial charge in [0.2, 0.25) is 11.8 Å². The Morgan fingerprint density at radius 1 is 1.39 bits per heavy atom. The van der Waals surface area contributed by atoms with Crippen molar-refractivity contribution >= 4 is 17.6 Å². The van der Waals surface area contributed by atoms with Crippen LogP contribution >= 0.6 is 0 Å². The van der Waals surface area contributed by atoms with Crippen molar-refractivity contribution in [1.82, 2.24) is 14.7 Å². The molecule has 1 aliphatic heterocycles. The van der Waals surface area contributed by atoms with Gasteiger partial charge in [0.05, 0.1) is 18.8 Å². The van der Waals surface area contributed by atoms with Crippen LogP contribution in [0, 0.1) is 12.8 Å². The first-order chi connectivity index (χ1) is 11.1. The Labute approximate surface area is 137 Å². The average Bonchev–Trinajstić information content (AvgIpc) is 3.32. The first-order valence-corrected chi connectivity index (χ1v) is 8.68. The number of rotatable bonds is 5. The SMILES string of the molecule is Cc1cnn([C@@H](C)C2CC2)c1NC(=O)CN1CCCCCC1=O. The first-order valence-electron chi connectivity index (χ1n) is 8.68. The highest BCUT2D eigenvalue weighted by atomic mass is 16.2. The summed E-state index contributed by atoms with van der Waals surface area (Å²) in [5.74, 6) is 1.40. The molecule has 0 bridgehead atoms. The second-order valence-corrected chi connectivity index (χ2v) is 6.87. The number of hydrogen-bond acceptors (Lipinski definition) is 3. The van der Waals surface area contributed by atoms with E-state index in [4.69, 9.17) is 0 Å². The molecule has 1 atom stereocenters. The number of hydrogen-bond donors (Lipinski definition) is 1. The van der Waals surface area contributed by atoms with Gasteiger partial charge in [-0.25, -0.2) is 4.68 Å². The Hall–Kier alpha value is -1.85. The smallest absolute Gasteiger partial charge is 0.245 e. The predicted octanol–water partition coefficient (Wildman–Crippen LogP) is 2.50. The van der Waals surface area contributed by atoms with Gasteiger partial charge in [-0.1, -0.05) is 6.42 Å². The quantitative estimate of drug-likeness (QED) is 0.907. The number of anilines is 1. The molecule has 1 saturated carbocycles. The zero-order chi connectivity index (χ0) is 16.4. The number of nitrogens with zero attached hydrogens (tertiary/aromatic N) is 3. The number of amides is 2. The molecule has 1 aliphatic carbocycles. The molecule has 2 heterocycles. The van der Waals surface area contributed by atoms with Crippen molar-refractivity contribution in [2.45, 2.75) is 58.4 Å². The van der Waals surface area contributed by atoms with E-state index in [0.29, 0.717) is 24.9 Å². The fourth-order valence-electron chi connectivity index (χ4n) is 3.24. The number of aryl methyl sites for hydroxylation is 1. The lowest BCUT2D eigenvalue weighted by atomic mass is 10.2. The number of carbonyl (C=O) groups excluding carboxylic acids is 2. The van der Waals surface area contributed by atoms with Crippen LogP contribution in [0.2, 0.25) is 0 Å². The largest absolute Gasteiger partial charge is 0.333 e. The zero-order valence-electron chi connectivity index (χ0n) is 14.0. The van der Waals surface area contributed by atoms with Crippen LogP contribution in [0.3, 0.4) is 0 Å². The minimum atomic E-state index is -0.131. The molecule has 2 fully saturated rings. The maximum absolute atomic E-state index is 12.4. The lowest BCUT2D eigenvalue weighted by Gasteiger charge is -2.21. The van der Waals surface area contributed by atoms with Gasteiger partial charge in [0.1, 0.15) is 5.82 Å². The van der Waals surface area contributed by atoms with E-state index in [1.807, 2.05) is 11.6 Å². The second kappa shape index (κ2) is 6.72. The second-order valence-electron chi connectivity index (χ2n) is 6.87. The van der Waals surface area contributed by atoms with Gasteiger partial charge in [0.15, 0.2) is 0 Å². The molecule has 0 spiro atoms. The van der Waals surface area contributed by atoms with Crippen molar-refractivity contribution < 1.29 is 9.59 Å². The van der Waals surface area contributed by atoms with Gasteiger partial charge in [0, 0.05) is 18.5 Å². The van der Waals surface area contributed by atoms with E-state index in [1.165, 1.54) is 12.8 Å². The standard InChI is InChI=1S/C17H26N4O2/c1-12-10-18-21(13(2)14-7-8-14)17(12)19-15(22)11-20-9-5-3-4-6-16(20)23/h10,13-14H,3-9,11H2,1-2H3,(H,19,22)/t13-/m0/s1. The topological polar surface area (TPSA) is 67.2 Å². The molecular weight excluding hydrogens is 292 g/mol. The van der Waals surface area contributed by atoms with Crippen molar-refractivity contribution in [3.8, 4) is 0 Å². The molecule has 23 heavy (non-hydrogen) atoms. The molecule has 2 aliphatic rings. The third-order valence-corrected chi connectivity index (χ3v) is 4.93. The van der Waals surface area contributed by atoms with Crippen molar-refractivity contribution in [3.05, 3.63) is 11.8 Å². The van der Waals surface area contributed by atoms with Crippen molar-refractivity contribution in [2.24, 2.45) is 5.92 Å². The Bertz CT molecular complexity index is 591. The molecule has 0 aromatic carbocycles. The maximum Gasteiger partial charge on any atom is 0.245 e. The Kier molecular flexibility index (Phi) is 4.68. The maximum atomic E-state index is 12.4. The number of likely N-dealkylation sites (tertiary alicyclic amines) is 1. The van der Waals surface area contributed by atoms with Gasteiger partial charge in [-0.05, 0) is 45.4 Å². The minimum absolute atomic E-state index is 0.0919. The highest BCUT2D eigenvalue weighted by Crippen LogP contribution is 2.40. The Morgan fingerprint density at radius 2 is 2.17 bits per heavy atom. The van der Waals surface area contributed by atoms with Crippen LogP contribution in [0.15, 0.2) is 6.20 Å². The molecule has 1 aromatic heterocycles. The summed E-state index contributed by atoms with van der Waals surface area (Å²) in [7, 11) is 0. The summed E-state index contributed by atoms with van der Waals surface area (Å²) in [5.41, 5.74) is 0.966. The fourth-order valence-corrected chi connectivity index (χ4v) is 3.24. The highest BCUT2D eigenvalue weighted by Gasteiger charge is 2.31. The summed E-state index contributed by atoms with van der Waals surface area (Å²) in [6.45, 7) is 4.93. The molecule has 6 heteroatoms. The first kappa shape index (κ1) is 16.0. The number of carbonyl (C=O) groups is 2. The highest BCUT2D eigenvalue weighted by molar-refractivity contribution is 5.94. The van der Waals surface area contributed by atoms with Gasteiger partial charge in [0.25, 0.3) is 0 Å². The van der Waals surface area contributed by atoms with E-state index >= 15 is 0 Å². The summed E-state index contributed by atoms with van der Waals surface area (Å²) < 4.78 is 1.93. The van der Waals surface area contributed by atoms with Crippen LogP contribution in [0.1, 0.15) is 57.1 Å². The molecule has 126 valence electrons. The number of nitrogens with one attached hydrogen (secondary N) is 1. The van der Waals surface area contributed by atoms with Gasteiger partial charge >= 0.3 is 0 Å². The van der Waals surface area contributed by atoms with E-state index in [0.717, 1.165) is 30.6 Å². The van der Waals surface area contributed by atoms with E-state index in [9.17, 15) is 9.59 Å². The monoisotopic (exact) mass is 318 g/mol.